The van der Waals surface area contributed by atoms with Crippen LogP contribution in [0, 0.1) is 0 Å². The Morgan fingerprint density at radius 2 is 1.93 bits per heavy atom. The summed E-state index contributed by atoms with van der Waals surface area (Å²) in [6, 6.07) is 16.6. The van der Waals surface area contributed by atoms with Gasteiger partial charge in [0, 0.05) is 24.3 Å². The van der Waals surface area contributed by atoms with Gasteiger partial charge >= 0.3 is 0 Å². The number of carbonyl (C=O) groups is 1. The van der Waals surface area contributed by atoms with Crippen LogP contribution < -0.4 is 10.1 Å². The molecule has 0 bridgehead atoms. The predicted molar refractivity (Wildman–Crippen MR) is 113 cm³/mol. The summed E-state index contributed by atoms with van der Waals surface area (Å²) in [5, 5.41) is 2.91. The molecule has 1 aliphatic heterocycles. The van der Waals surface area contributed by atoms with E-state index in [0.29, 0.717) is 36.5 Å². The number of para-hydroxylation sites is 1. The average molecular weight is 426 g/mol. The first-order valence-electron chi connectivity index (χ1n) is 9.53. The lowest BCUT2D eigenvalue weighted by molar-refractivity contribution is 0.0993. The highest BCUT2D eigenvalue weighted by Gasteiger charge is 2.25. The quantitative estimate of drug-likeness (QED) is 0.652. The average Bonchev–Trinajstić information content (AvgIpc) is 3.21. The molecule has 0 unspecified atom stereocenters. The first kappa shape index (κ1) is 20.2. The molecular weight excluding hydrogens is 404 g/mol. The number of furan rings is 1. The number of hydrogen-bond donors (Lipinski definition) is 1. The Balaban J connectivity index is 1.49. The molecule has 0 spiro atoms. The molecule has 0 aliphatic carbocycles. The lowest BCUT2D eigenvalue weighted by Gasteiger charge is -2.28. The molecule has 1 aromatic heterocycles. The first-order valence-corrected chi connectivity index (χ1v) is 11.4. The first-order chi connectivity index (χ1) is 14.4. The number of rotatable bonds is 6. The molecule has 156 valence electrons. The highest BCUT2D eigenvalue weighted by molar-refractivity contribution is 7.88. The molecule has 1 aliphatic rings. The van der Waals surface area contributed by atoms with E-state index in [-0.39, 0.29) is 18.3 Å². The van der Waals surface area contributed by atoms with Crippen molar-refractivity contribution in [1.82, 2.24) is 4.31 Å². The Labute approximate surface area is 175 Å². The van der Waals surface area contributed by atoms with Crippen LogP contribution in [-0.2, 0) is 29.6 Å². The fourth-order valence-corrected chi connectivity index (χ4v) is 4.29. The van der Waals surface area contributed by atoms with Crippen molar-refractivity contribution in [3.63, 3.8) is 0 Å². The van der Waals surface area contributed by atoms with Crippen LogP contribution in [0.2, 0.25) is 0 Å². The lowest BCUT2D eigenvalue weighted by Crippen LogP contribution is -2.35. The number of amides is 1. The molecule has 3 aromatic rings. The van der Waals surface area contributed by atoms with Crippen LogP contribution in [0.25, 0.3) is 0 Å². The van der Waals surface area contributed by atoms with Crippen molar-refractivity contribution in [1.29, 1.82) is 0 Å². The lowest BCUT2D eigenvalue weighted by atomic mass is 9.99. The van der Waals surface area contributed by atoms with Crippen molar-refractivity contribution < 1.29 is 22.4 Å². The third-order valence-corrected chi connectivity index (χ3v) is 6.29. The molecule has 8 heteroatoms. The molecule has 7 nitrogen and oxygen atoms in total. The Morgan fingerprint density at radius 1 is 1.13 bits per heavy atom. The fourth-order valence-electron chi connectivity index (χ4n) is 3.49. The number of anilines is 1. The van der Waals surface area contributed by atoms with Crippen molar-refractivity contribution in [3.05, 3.63) is 83.3 Å². The van der Waals surface area contributed by atoms with E-state index in [0.717, 1.165) is 11.1 Å². The topological polar surface area (TPSA) is 88.9 Å². The zero-order chi connectivity index (χ0) is 21.1. The summed E-state index contributed by atoms with van der Waals surface area (Å²) in [5.74, 6) is 0.528. The SMILES string of the molecule is CS(=O)(=O)N1CCc2c(cccc2NC(=O)c2occc2COc2ccccc2)C1. The summed E-state index contributed by atoms with van der Waals surface area (Å²) < 4.78 is 36.3. The van der Waals surface area contributed by atoms with E-state index < -0.39 is 10.0 Å². The monoisotopic (exact) mass is 426 g/mol. The third-order valence-electron chi connectivity index (χ3n) is 5.04. The number of hydrogen-bond acceptors (Lipinski definition) is 5. The Kier molecular flexibility index (Phi) is 5.61. The largest absolute Gasteiger partial charge is 0.489 e. The van der Waals surface area contributed by atoms with Crippen molar-refractivity contribution in [3.8, 4) is 5.75 Å². The number of carbonyl (C=O) groups excluding carboxylic acids is 1. The molecule has 0 saturated carbocycles. The molecule has 1 N–H and O–H groups in total. The van der Waals surface area contributed by atoms with Crippen LogP contribution in [0.1, 0.15) is 27.2 Å². The van der Waals surface area contributed by atoms with Gasteiger partial charge in [0.1, 0.15) is 12.4 Å². The second-order valence-corrected chi connectivity index (χ2v) is 9.10. The number of nitrogens with zero attached hydrogens (tertiary/aromatic N) is 1. The second kappa shape index (κ2) is 8.33. The van der Waals surface area contributed by atoms with E-state index in [9.17, 15) is 13.2 Å². The van der Waals surface area contributed by atoms with Crippen LogP contribution in [0.3, 0.4) is 0 Å². The van der Waals surface area contributed by atoms with Gasteiger partial charge in [0.05, 0.1) is 12.5 Å². The Hall–Kier alpha value is -3.10. The summed E-state index contributed by atoms with van der Waals surface area (Å²) in [4.78, 5) is 12.9. The Bertz CT molecular complexity index is 1160. The third kappa shape index (κ3) is 4.39. The van der Waals surface area contributed by atoms with Gasteiger partial charge in [-0.25, -0.2) is 8.42 Å². The molecule has 2 heterocycles. The van der Waals surface area contributed by atoms with Gasteiger partial charge < -0.3 is 14.5 Å². The summed E-state index contributed by atoms with van der Waals surface area (Å²) in [7, 11) is -3.26. The number of sulfonamides is 1. The zero-order valence-corrected chi connectivity index (χ0v) is 17.3. The molecular formula is C22H22N2O5S. The minimum atomic E-state index is -3.26. The van der Waals surface area contributed by atoms with Crippen LogP contribution in [0.15, 0.2) is 65.3 Å². The van der Waals surface area contributed by atoms with Crippen molar-refractivity contribution >= 4 is 21.6 Å². The minimum absolute atomic E-state index is 0.192. The number of benzene rings is 2. The minimum Gasteiger partial charge on any atom is -0.489 e. The van der Waals surface area contributed by atoms with E-state index >= 15 is 0 Å². The van der Waals surface area contributed by atoms with Gasteiger partial charge in [-0.1, -0.05) is 30.3 Å². The maximum atomic E-state index is 12.9. The molecule has 0 radical (unpaired) electrons. The highest BCUT2D eigenvalue weighted by atomic mass is 32.2. The molecule has 4 rings (SSSR count). The van der Waals surface area contributed by atoms with Crippen LogP contribution in [0.4, 0.5) is 5.69 Å². The van der Waals surface area contributed by atoms with Crippen molar-refractivity contribution in [2.24, 2.45) is 0 Å². The summed E-state index contributed by atoms with van der Waals surface area (Å²) >= 11 is 0. The van der Waals surface area contributed by atoms with Gasteiger partial charge in [-0.05, 0) is 41.8 Å². The predicted octanol–water partition coefficient (Wildman–Crippen LogP) is 3.43. The van der Waals surface area contributed by atoms with E-state index in [1.807, 2.05) is 48.5 Å². The molecule has 0 fully saturated rings. The zero-order valence-electron chi connectivity index (χ0n) is 16.5. The maximum absolute atomic E-state index is 12.9. The van der Waals surface area contributed by atoms with Gasteiger partial charge in [-0.3, -0.25) is 4.79 Å². The van der Waals surface area contributed by atoms with E-state index in [1.54, 1.807) is 6.07 Å². The second-order valence-electron chi connectivity index (χ2n) is 7.12. The number of fused-ring (bicyclic) bond motifs is 1. The normalized spacial score (nSPS) is 14.2. The summed E-state index contributed by atoms with van der Waals surface area (Å²) in [6.45, 7) is 0.893. The number of ether oxygens (including phenoxy) is 1. The number of nitrogens with one attached hydrogen (secondary N) is 1. The van der Waals surface area contributed by atoms with E-state index in [1.165, 1.54) is 16.8 Å². The molecule has 1 amide bonds. The van der Waals surface area contributed by atoms with Crippen molar-refractivity contribution in [2.75, 3.05) is 18.1 Å². The van der Waals surface area contributed by atoms with Crippen LogP contribution in [0.5, 0.6) is 5.75 Å². The van der Waals surface area contributed by atoms with Gasteiger partial charge in [-0.2, -0.15) is 4.31 Å². The summed E-state index contributed by atoms with van der Waals surface area (Å²) in [6.07, 6.45) is 3.20. The van der Waals surface area contributed by atoms with Gasteiger partial charge in [-0.15, -0.1) is 0 Å². The highest BCUT2D eigenvalue weighted by Crippen LogP contribution is 2.28. The molecule has 0 atom stereocenters. The van der Waals surface area contributed by atoms with Gasteiger partial charge in [0.25, 0.3) is 5.91 Å². The van der Waals surface area contributed by atoms with Crippen LogP contribution >= 0.6 is 0 Å². The van der Waals surface area contributed by atoms with Gasteiger partial charge in [0.2, 0.25) is 10.0 Å². The van der Waals surface area contributed by atoms with Gasteiger partial charge in [0.15, 0.2) is 5.76 Å². The Morgan fingerprint density at radius 3 is 2.70 bits per heavy atom. The van der Waals surface area contributed by atoms with E-state index in [4.69, 9.17) is 9.15 Å². The molecule has 30 heavy (non-hydrogen) atoms. The molecule has 0 saturated heterocycles. The standard InChI is InChI=1S/C22H22N2O5S/c1-30(26,27)24-12-10-19-16(14-24)6-5-9-20(19)23-22(25)21-17(11-13-28-21)15-29-18-7-3-2-4-8-18/h2-9,11,13H,10,12,14-15H2,1H3,(H,23,25). The maximum Gasteiger partial charge on any atom is 0.291 e. The van der Waals surface area contributed by atoms with E-state index in [2.05, 4.69) is 5.32 Å². The molecule has 2 aromatic carbocycles. The van der Waals surface area contributed by atoms with Crippen LogP contribution in [-0.4, -0.2) is 31.4 Å². The summed E-state index contributed by atoms with van der Waals surface area (Å²) in [5.41, 5.74) is 3.14. The fraction of sp³-hybridized carbons (Fsp3) is 0.227. The van der Waals surface area contributed by atoms with Crippen molar-refractivity contribution in [2.45, 2.75) is 19.6 Å². The smallest absolute Gasteiger partial charge is 0.291 e.